The van der Waals surface area contributed by atoms with Gasteiger partial charge in [-0.3, -0.25) is 62.3 Å². The molecular weight excluding hydrogens is 1190 g/mol. The Morgan fingerprint density at radius 1 is 0.375 bits per heavy atom. The molecule has 5 rings (SSSR count). The molecule has 484 valence electrons. The molecule has 33 heteroatoms. The first kappa shape index (κ1) is 69.7. The van der Waals surface area contributed by atoms with Crippen LogP contribution in [0.5, 0.6) is 17.2 Å². The second kappa shape index (κ2) is 30.0. The van der Waals surface area contributed by atoms with Gasteiger partial charge in [-0.2, -0.15) is 0 Å². The molecule has 0 aromatic heterocycles. The van der Waals surface area contributed by atoms with Crippen molar-refractivity contribution in [2.24, 2.45) is 0 Å². The molecule has 3 saturated heterocycles. The molecule has 3 aliphatic heterocycles. The highest BCUT2D eigenvalue weighted by Crippen LogP contribution is 2.50. The van der Waals surface area contributed by atoms with Crippen LogP contribution in [0.4, 0.5) is 0 Å². The molecule has 0 bridgehead atoms. The summed E-state index contributed by atoms with van der Waals surface area (Å²) in [6, 6.07) is 0. The minimum Gasteiger partial charge on any atom is -0.507 e. The van der Waals surface area contributed by atoms with Crippen molar-refractivity contribution >= 4 is 77.2 Å². The number of ketones is 2. The number of phenolic OH excluding ortho intramolecular Hbond substituents is 2. The summed E-state index contributed by atoms with van der Waals surface area (Å²) in [5.74, 6) is -21.3. The number of hydrogen-bond acceptors (Lipinski definition) is 33. The lowest BCUT2D eigenvalue weighted by atomic mass is 9.87. The lowest BCUT2D eigenvalue weighted by Crippen LogP contribution is -2.63. The highest BCUT2D eigenvalue weighted by Gasteiger charge is 2.59. The highest BCUT2D eigenvalue weighted by molar-refractivity contribution is 6.28. The van der Waals surface area contributed by atoms with E-state index in [-0.39, 0.29) is 5.76 Å². The first-order valence-corrected chi connectivity index (χ1v) is 26.7. The molecule has 33 nitrogen and oxygen atoms in total. The molecule has 1 aliphatic carbocycles. The van der Waals surface area contributed by atoms with E-state index in [1.54, 1.807) is 0 Å². The Labute approximate surface area is 500 Å². The first-order chi connectivity index (χ1) is 41.1. The van der Waals surface area contributed by atoms with E-state index in [9.17, 15) is 63.0 Å². The fourth-order valence-electron chi connectivity index (χ4n) is 9.54. The quantitative estimate of drug-likeness (QED) is 0.0665. The van der Waals surface area contributed by atoms with Gasteiger partial charge in [-0.1, -0.05) is 13.5 Å². The van der Waals surface area contributed by atoms with E-state index >= 15 is 9.59 Å². The van der Waals surface area contributed by atoms with Crippen LogP contribution in [0.15, 0.2) is 23.9 Å². The second-order valence-electron chi connectivity index (χ2n) is 19.7. The van der Waals surface area contributed by atoms with Gasteiger partial charge in [0.2, 0.25) is 60.3 Å². The van der Waals surface area contributed by atoms with Crippen LogP contribution in [0.25, 0.3) is 0 Å². The monoisotopic (exact) mass is 1250 g/mol. The molecule has 0 radical (unpaired) electrons. The maximum atomic E-state index is 15.7. The van der Waals surface area contributed by atoms with Gasteiger partial charge in [0, 0.05) is 81.7 Å². The van der Waals surface area contributed by atoms with Crippen molar-refractivity contribution in [1.82, 2.24) is 0 Å². The van der Waals surface area contributed by atoms with Gasteiger partial charge >= 0.3 is 65.7 Å². The van der Waals surface area contributed by atoms with E-state index < -0.39 is 241 Å². The Hall–Kier alpha value is -9.11. The number of carbonyl (C=O) groups excluding carboxylic acids is 13. The predicted molar refractivity (Wildman–Crippen MR) is 278 cm³/mol. The summed E-state index contributed by atoms with van der Waals surface area (Å²) in [5, 5.41) is 24.9. The topological polar surface area (TPSA) is 429 Å². The number of phenols is 2. The molecular formula is C55H66O33. The number of Topliss-reactive ketones (excluding diaryl/α,β-unsaturated/α-hetero) is 2. The summed E-state index contributed by atoms with van der Waals surface area (Å²) < 4.78 is 102. The third-order valence-corrected chi connectivity index (χ3v) is 12.5. The van der Waals surface area contributed by atoms with Crippen molar-refractivity contribution in [2.45, 2.75) is 189 Å². The van der Waals surface area contributed by atoms with E-state index in [2.05, 4.69) is 6.58 Å². The minimum absolute atomic E-state index is 0.0133. The molecule has 15 atom stereocenters. The summed E-state index contributed by atoms with van der Waals surface area (Å²) in [6.07, 6.45) is -29.8. The molecule has 1 aromatic carbocycles. The maximum Gasteiger partial charge on any atom is 0.303 e. The number of allylic oxidation sites excluding steroid dienone is 3. The van der Waals surface area contributed by atoms with Gasteiger partial charge in [0.25, 0.3) is 0 Å². The third-order valence-electron chi connectivity index (χ3n) is 12.5. The van der Waals surface area contributed by atoms with Crippen molar-refractivity contribution in [3.8, 4) is 17.2 Å². The number of fused-ring (bicyclic) bond motifs is 1. The van der Waals surface area contributed by atoms with Crippen LogP contribution < -0.4 is 4.74 Å². The molecule has 2 N–H and O–H groups in total. The fraction of sp³-hybridized carbons (Fsp3) is 0.582. The van der Waals surface area contributed by atoms with Crippen molar-refractivity contribution in [2.75, 3.05) is 19.8 Å². The van der Waals surface area contributed by atoms with Gasteiger partial charge in [0.05, 0.1) is 16.9 Å². The summed E-state index contributed by atoms with van der Waals surface area (Å²) in [6.45, 7) is 14.2. The molecule has 0 saturated carbocycles. The molecule has 0 unspecified atom stereocenters. The summed E-state index contributed by atoms with van der Waals surface area (Å²) >= 11 is 0. The second-order valence-corrected chi connectivity index (χ2v) is 19.7. The van der Waals surface area contributed by atoms with Crippen LogP contribution in [0.3, 0.4) is 0 Å². The van der Waals surface area contributed by atoms with Gasteiger partial charge in [0.15, 0.2) is 48.1 Å². The molecule has 88 heavy (non-hydrogen) atoms. The van der Waals surface area contributed by atoms with Crippen LogP contribution in [-0.4, -0.2) is 199 Å². The van der Waals surface area contributed by atoms with E-state index in [0.717, 1.165) is 76.2 Å². The maximum absolute atomic E-state index is 15.7. The number of rotatable bonds is 23. The van der Waals surface area contributed by atoms with Crippen LogP contribution in [-0.2, 0) is 140 Å². The predicted octanol–water partition coefficient (Wildman–Crippen LogP) is 0.899. The van der Waals surface area contributed by atoms with Gasteiger partial charge in [-0.15, -0.1) is 0 Å². The van der Waals surface area contributed by atoms with Crippen LogP contribution in [0.2, 0.25) is 0 Å². The Kier molecular flexibility index (Phi) is 23.7. The Morgan fingerprint density at radius 3 is 0.909 bits per heavy atom. The van der Waals surface area contributed by atoms with Crippen molar-refractivity contribution < 1.29 is 158 Å². The van der Waals surface area contributed by atoms with Gasteiger partial charge in [-0.25, -0.2) is 0 Å². The Morgan fingerprint density at radius 2 is 0.636 bits per heavy atom. The van der Waals surface area contributed by atoms with Gasteiger partial charge in [-0.05, 0) is 13.3 Å². The summed E-state index contributed by atoms with van der Waals surface area (Å²) in [7, 11) is 0. The van der Waals surface area contributed by atoms with Crippen LogP contribution in [0, 0.1) is 0 Å². The number of ether oxygens (including phenoxy) is 18. The third kappa shape index (κ3) is 17.3. The molecule has 4 aliphatic rings. The number of benzene rings is 1. The van der Waals surface area contributed by atoms with E-state index in [1.165, 1.54) is 13.8 Å². The molecule has 0 amide bonds. The van der Waals surface area contributed by atoms with Gasteiger partial charge < -0.3 is 95.5 Å². The fourth-order valence-corrected chi connectivity index (χ4v) is 9.54. The average molecular weight is 1260 g/mol. The number of esters is 11. The van der Waals surface area contributed by atoms with Crippen molar-refractivity contribution in [1.29, 1.82) is 0 Å². The Bertz CT molecular complexity index is 2980. The standard InChI is InChI=1S/C55H66O33/c1-15-31-37(67)35-36(38(68)41(31)86-53-50(80-28(12)64)47(77-25(9)61)42(74-19(2)3)32(83-53)16-71-20(4)56)40(70)46(88-55-52(82-30(14)66)49(79-27(11)63)44(76-24(8)60)34(85-55)18-73-22(6)58)45(39(35)69)87-54-51(81-29(13)65)48(78-26(10)62)43(75-23(7)59)33(84-54)17-72-21(5)57/h32-34,42-44,47-55,67-68H,2,15-18H2,1,3-14H3/t32-,33+,34+,42-,43+,44+,47+,48-,49-,50-,51+,52+,53+,54-,55-/m0/s1. The zero-order valence-corrected chi connectivity index (χ0v) is 49.7. The molecule has 1 aromatic rings. The summed E-state index contributed by atoms with van der Waals surface area (Å²) in [4.78, 5) is 170. The number of carbonyl (C=O) groups is 13. The minimum atomic E-state index is -2.44. The van der Waals surface area contributed by atoms with Gasteiger partial charge in [0.1, 0.15) is 43.9 Å². The largest absolute Gasteiger partial charge is 0.507 e. The lowest BCUT2D eigenvalue weighted by molar-refractivity contribution is -0.304. The molecule has 3 heterocycles. The lowest BCUT2D eigenvalue weighted by Gasteiger charge is -2.45. The average Bonchev–Trinajstić information content (AvgIpc) is 0.838. The van der Waals surface area contributed by atoms with E-state index in [0.29, 0.717) is 0 Å². The van der Waals surface area contributed by atoms with E-state index in [4.69, 9.17) is 85.3 Å². The zero-order chi connectivity index (χ0) is 65.9. The van der Waals surface area contributed by atoms with Crippen molar-refractivity contribution in [3.63, 3.8) is 0 Å². The molecule has 3 fully saturated rings. The smallest absolute Gasteiger partial charge is 0.303 e. The Balaban J connectivity index is 1.87. The zero-order valence-electron chi connectivity index (χ0n) is 49.7. The normalized spacial score (nSPS) is 27.3. The van der Waals surface area contributed by atoms with Crippen LogP contribution >= 0.6 is 0 Å². The molecule has 0 spiro atoms. The number of hydrogen-bond donors (Lipinski definition) is 2. The highest BCUT2D eigenvalue weighted by atomic mass is 16.8. The summed E-state index contributed by atoms with van der Waals surface area (Å²) in [5.41, 5.74) is -2.91. The number of aromatic hydroxyl groups is 2. The van der Waals surface area contributed by atoms with E-state index in [1.807, 2.05) is 0 Å². The van der Waals surface area contributed by atoms with Crippen LogP contribution in [0.1, 0.15) is 116 Å². The SMILES string of the molecule is C=C(C)O[C@@H]1[C@@H](OC(C)=O)[C@H](OC(C)=O)[C@@H](Oc2c(O)c3c(c(O)c2CC)C(=O)C(O[C@@H]2O[C@H](COC(C)=O)[C@@H](OC(C)=O)[C@H](OC(C)=O)[C@H]2OC(C)=O)=C(O[C@@H]2O[C@H](COC(C)=O)[C@@H](OC(C)=O)[C@H](OC(C)=O)[C@H]2OC(C)=O)C3=O)O[C@H]1COC(C)=O. The van der Waals surface area contributed by atoms with Crippen molar-refractivity contribution in [3.05, 3.63) is 40.5 Å². The first-order valence-electron chi connectivity index (χ1n) is 26.7.